The van der Waals surface area contributed by atoms with E-state index >= 15 is 0 Å². The van der Waals surface area contributed by atoms with Crippen molar-refractivity contribution in [2.24, 2.45) is 17.8 Å². The molecule has 0 aliphatic heterocycles. The third-order valence-electron chi connectivity index (χ3n) is 4.83. The fraction of sp³-hybridized carbons (Fsp3) is 0.625. The van der Waals surface area contributed by atoms with Gasteiger partial charge in [0, 0.05) is 0 Å². The van der Waals surface area contributed by atoms with Crippen molar-refractivity contribution < 1.29 is 0 Å². The lowest BCUT2D eigenvalue weighted by atomic mass is 9.87. The summed E-state index contributed by atoms with van der Waals surface area (Å²) in [6.07, 6.45) is 5.55. The minimum absolute atomic E-state index is 0.919. The van der Waals surface area contributed by atoms with Crippen LogP contribution in [0.4, 0.5) is 0 Å². The third-order valence-corrected chi connectivity index (χ3v) is 4.83. The van der Waals surface area contributed by atoms with Crippen molar-refractivity contribution in [2.75, 3.05) is 13.1 Å². The molecule has 2 aliphatic carbocycles. The van der Waals surface area contributed by atoms with Crippen LogP contribution in [0.2, 0.25) is 0 Å². The molecule has 1 fully saturated rings. The molecule has 0 radical (unpaired) electrons. The van der Waals surface area contributed by atoms with Crippen LogP contribution in [0.25, 0.3) is 0 Å². The largest absolute Gasteiger partial charge is 0.317 e. The maximum absolute atomic E-state index is 3.57. The maximum Gasteiger partial charge on any atom is -0.00151 e. The average Bonchev–Trinajstić information content (AvgIpc) is 2.62. The molecule has 0 saturated heterocycles. The quantitative estimate of drug-likeness (QED) is 0.840. The van der Waals surface area contributed by atoms with Crippen molar-refractivity contribution >= 4 is 0 Å². The number of hydrogen-bond acceptors (Lipinski definition) is 1. The first kappa shape index (κ1) is 11.3. The predicted molar refractivity (Wildman–Crippen MR) is 72.1 cm³/mol. The second kappa shape index (κ2) is 4.81. The molecule has 2 atom stereocenters. The Balaban J connectivity index is 1.82. The number of hydrogen-bond donors (Lipinski definition) is 1. The van der Waals surface area contributed by atoms with Crippen LogP contribution in [0.1, 0.15) is 30.9 Å². The normalized spacial score (nSPS) is 31.0. The van der Waals surface area contributed by atoms with Crippen molar-refractivity contribution in [3.8, 4) is 0 Å². The smallest absolute Gasteiger partial charge is 0.00151 e. The van der Waals surface area contributed by atoms with Gasteiger partial charge in [-0.05, 0) is 67.7 Å². The fourth-order valence-corrected chi connectivity index (χ4v) is 3.91. The Morgan fingerprint density at radius 1 is 1.06 bits per heavy atom. The summed E-state index contributed by atoms with van der Waals surface area (Å²) < 4.78 is 0. The molecule has 1 saturated carbocycles. The average molecular weight is 229 g/mol. The SMILES string of the molecule is CCNCC1C2CCC1Cc1ccccc1C2. The van der Waals surface area contributed by atoms with Crippen molar-refractivity contribution in [3.63, 3.8) is 0 Å². The van der Waals surface area contributed by atoms with Crippen molar-refractivity contribution in [1.82, 2.24) is 5.32 Å². The number of nitrogens with one attached hydrogen (secondary N) is 1. The van der Waals surface area contributed by atoms with Gasteiger partial charge in [-0.1, -0.05) is 31.2 Å². The van der Waals surface area contributed by atoms with E-state index in [1.54, 1.807) is 11.1 Å². The summed E-state index contributed by atoms with van der Waals surface area (Å²) in [6.45, 7) is 4.57. The van der Waals surface area contributed by atoms with Crippen LogP contribution in [0.5, 0.6) is 0 Å². The molecule has 1 heteroatoms. The zero-order valence-electron chi connectivity index (χ0n) is 10.8. The van der Waals surface area contributed by atoms with Gasteiger partial charge in [0.05, 0.1) is 0 Å². The van der Waals surface area contributed by atoms with Crippen molar-refractivity contribution in [1.29, 1.82) is 0 Å². The number of fused-ring (bicyclic) bond motifs is 3. The van der Waals surface area contributed by atoms with E-state index in [9.17, 15) is 0 Å². The molecule has 3 rings (SSSR count). The van der Waals surface area contributed by atoms with E-state index in [1.807, 2.05) is 0 Å². The van der Waals surface area contributed by atoms with Crippen molar-refractivity contribution in [3.05, 3.63) is 35.4 Å². The lowest BCUT2D eigenvalue weighted by Gasteiger charge is -2.22. The Hall–Kier alpha value is -0.820. The summed E-state index contributed by atoms with van der Waals surface area (Å²) in [5.41, 5.74) is 3.25. The van der Waals surface area contributed by atoms with Gasteiger partial charge in [0.1, 0.15) is 0 Å². The Kier molecular flexibility index (Phi) is 3.19. The van der Waals surface area contributed by atoms with Gasteiger partial charge < -0.3 is 5.32 Å². The molecule has 0 aromatic heterocycles. The number of benzene rings is 1. The Bertz CT molecular complexity index is 352. The first-order valence-electron chi connectivity index (χ1n) is 7.16. The molecular weight excluding hydrogens is 206 g/mol. The molecule has 0 heterocycles. The molecule has 2 bridgehead atoms. The van der Waals surface area contributed by atoms with Gasteiger partial charge in [-0.2, -0.15) is 0 Å². The molecular formula is C16H23N. The Labute approximate surface area is 105 Å². The first-order chi connectivity index (χ1) is 8.38. The van der Waals surface area contributed by atoms with E-state index in [4.69, 9.17) is 0 Å². The van der Waals surface area contributed by atoms with Gasteiger partial charge in [-0.15, -0.1) is 0 Å². The fourth-order valence-electron chi connectivity index (χ4n) is 3.91. The van der Waals surface area contributed by atoms with Crippen LogP contribution in [0, 0.1) is 17.8 Å². The van der Waals surface area contributed by atoms with Crippen molar-refractivity contribution in [2.45, 2.75) is 32.6 Å². The van der Waals surface area contributed by atoms with Gasteiger partial charge in [0.2, 0.25) is 0 Å². The molecule has 0 spiro atoms. The highest BCUT2D eigenvalue weighted by Crippen LogP contribution is 2.43. The Morgan fingerprint density at radius 2 is 1.65 bits per heavy atom. The summed E-state index contributed by atoms with van der Waals surface area (Å²) in [6, 6.07) is 9.11. The zero-order valence-corrected chi connectivity index (χ0v) is 10.8. The van der Waals surface area contributed by atoms with Gasteiger partial charge in [-0.3, -0.25) is 0 Å². The minimum Gasteiger partial charge on any atom is -0.317 e. The molecule has 2 aliphatic rings. The van der Waals surface area contributed by atoms with Crippen LogP contribution in [0.15, 0.2) is 24.3 Å². The summed E-state index contributed by atoms with van der Waals surface area (Å²) in [5.74, 6) is 2.78. The molecule has 2 unspecified atom stereocenters. The second-order valence-electron chi connectivity index (χ2n) is 5.75. The van der Waals surface area contributed by atoms with Crippen LogP contribution in [0.3, 0.4) is 0 Å². The lowest BCUT2D eigenvalue weighted by Crippen LogP contribution is -2.29. The standard InChI is InChI=1S/C16H23N/c1-2-17-11-16-14-7-8-15(16)10-13-6-4-3-5-12(13)9-14/h3-6,14-17H,2,7-11H2,1H3. The molecule has 1 nitrogen and oxygen atoms in total. The molecule has 1 aromatic carbocycles. The predicted octanol–water partition coefficient (Wildman–Crippen LogP) is 3.04. The maximum atomic E-state index is 3.57. The van der Waals surface area contributed by atoms with Crippen LogP contribution >= 0.6 is 0 Å². The third kappa shape index (κ3) is 2.13. The highest BCUT2D eigenvalue weighted by Gasteiger charge is 2.38. The number of rotatable bonds is 3. The molecule has 92 valence electrons. The first-order valence-corrected chi connectivity index (χ1v) is 7.16. The summed E-state index contributed by atoms with van der Waals surface area (Å²) in [4.78, 5) is 0. The molecule has 1 aromatic rings. The van der Waals surface area contributed by atoms with Gasteiger partial charge in [0.15, 0.2) is 0 Å². The summed E-state index contributed by atoms with van der Waals surface area (Å²) >= 11 is 0. The van der Waals surface area contributed by atoms with E-state index < -0.39 is 0 Å². The topological polar surface area (TPSA) is 12.0 Å². The van der Waals surface area contributed by atoms with Crippen LogP contribution < -0.4 is 5.32 Å². The molecule has 0 amide bonds. The molecule has 1 N–H and O–H groups in total. The van der Waals surface area contributed by atoms with Crippen LogP contribution in [-0.4, -0.2) is 13.1 Å². The van der Waals surface area contributed by atoms with E-state index in [0.29, 0.717) is 0 Å². The minimum atomic E-state index is 0.919. The van der Waals surface area contributed by atoms with E-state index in [2.05, 4.69) is 36.5 Å². The highest BCUT2D eigenvalue weighted by atomic mass is 14.9. The Morgan fingerprint density at radius 3 is 2.18 bits per heavy atom. The van der Waals surface area contributed by atoms with E-state index in [0.717, 1.165) is 24.3 Å². The van der Waals surface area contributed by atoms with Gasteiger partial charge in [-0.25, -0.2) is 0 Å². The lowest BCUT2D eigenvalue weighted by molar-refractivity contribution is 0.306. The zero-order chi connectivity index (χ0) is 11.7. The monoisotopic (exact) mass is 229 g/mol. The van der Waals surface area contributed by atoms with Gasteiger partial charge >= 0.3 is 0 Å². The van der Waals surface area contributed by atoms with Gasteiger partial charge in [0.25, 0.3) is 0 Å². The highest BCUT2D eigenvalue weighted by molar-refractivity contribution is 5.30. The van der Waals surface area contributed by atoms with E-state index in [1.165, 1.54) is 32.2 Å². The molecule has 17 heavy (non-hydrogen) atoms. The second-order valence-corrected chi connectivity index (χ2v) is 5.75. The summed E-state index contributed by atoms with van der Waals surface area (Å²) in [7, 11) is 0. The van der Waals surface area contributed by atoms with Crippen LogP contribution in [-0.2, 0) is 12.8 Å². The van der Waals surface area contributed by atoms with E-state index in [-0.39, 0.29) is 0 Å². The summed E-state index contributed by atoms with van der Waals surface area (Å²) in [5, 5.41) is 3.57.